The summed E-state index contributed by atoms with van der Waals surface area (Å²) < 4.78 is 1.53. The molecule has 0 saturated carbocycles. The largest absolute Gasteiger partial charge is 0.361 e. The van der Waals surface area contributed by atoms with Gasteiger partial charge < -0.3 is 5.32 Å². The number of nitrogens with one attached hydrogen (secondary N) is 1. The molecule has 0 bridgehead atoms. The molecule has 5 nitrogen and oxygen atoms in total. The quantitative estimate of drug-likeness (QED) is 0.890. The van der Waals surface area contributed by atoms with Gasteiger partial charge in [-0.1, -0.05) is 20.8 Å². The molecule has 0 aliphatic heterocycles. The Bertz CT molecular complexity index is 660. The first-order valence-corrected chi connectivity index (χ1v) is 8.17. The molecule has 0 amide bonds. The predicted octanol–water partition coefficient (Wildman–Crippen LogP) is 3.15. The molecule has 0 aliphatic carbocycles. The first kappa shape index (κ1) is 15.7. The molecule has 0 saturated heterocycles. The van der Waals surface area contributed by atoms with Gasteiger partial charge in [0.15, 0.2) is 5.13 Å². The van der Waals surface area contributed by atoms with Crippen molar-refractivity contribution in [1.82, 2.24) is 14.8 Å². The van der Waals surface area contributed by atoms with Gasteiger partial charge in [-0.25, -0.2) is 9.67 Å². The van der Waals surface area contributed by atoms with E-state index in [4.69, 9.17) is 0 Å². The lowest BCUT2D eigenvalue weighted by Crippen LogP contribution is -2.25. The van der Waals surface area contributed by atoms with Crippen molar-refractivity contribution in [2.45, 2.75) is 40.7 Å². The van der Waals surface area contributed by atoms with E-state index in [1.807, 2.05) is 25.3 Å². The third-order valence-electron chi connectivity index (χ3n) is 2.97. The molecular weight excluding hydrogens is 284 g/mol. The molecule has 1 N–H and O–H groups in total. The average Bonchev–Trinajstić information content (AvgIpc) is 2.89. The molecule has 0 unspecified atom stereocenters. The molecule has 114 valence electrons. The highest BCUT2D eigenvalue weighted by Crippen LogP contribution is 2.23. The van der Waals surface area contributed by atoms with Gasteiger partial charge in [-0.2, -0.15) is 5.10 Å². The van der Waals surface area contributed by atoms with Gasteiger partial charge in [0.05, 0.1) is 17.0 Å². The van der Waals surface area contributed by atoms with Crippen molar-refractivity contribution < 1.29 is 0 Å². The van der Waals surface area contributed by atoms with Gasteiger partial charge in [-0.3, -0.25) is 4.79 Å². The molecule has 0 radical (unpaired) electrons. The molecule has 2 rings (SSSR count). The summed E-state index contributed by atoms with van der Waals surface area (Å²) in [5.74, 6) is 0.558. The summed E-state index contributed by atoms with van der Waals surface area (Å²) in [5.41, 5.74) is 2.13. The maximum Gasteiger partial charge on any atom is 0.276 e. The highest BCUT2D eigenvalue weighted by molar-refractivity contribution is 7.14. The lowest BCUT2D eigenvalue weighted by atomic mass is 10.2. The molecule has 0 atom stereocenters. The number of thiazole rings is 1. The molecule has 2 aromatic heterocycles. The second kappa shape index (κ2) is 6.85. The lowest BCUT2D eigenvalue weighted by Gasteiger charge is -2.06. The van der Waals surface area contributed by atoms with E-state index in [0.717, 1.165) is 29.5 Å². The Kier molecular flexibility index (Phi) is 5.12. The molecule has 2 heterocycles. The summed E-state index contributed by atoms with van der Waals surface area (Å²) in [6, 6.07) is 1.82. The fourth-order valence-corrected chi connectivity index (χ4v) is 2.71. The van der Waals surface area contributed by atoms with Crippen LogP contribution >= 0.6 is 11.3 Å². The lowest BCUT2D eigenvalue weighted by molar-refractivity contribution is 0.562. The van der Waals surface area contributed by atoms with Gasteiger partial charge in [-0.15, -0.1) is 11.3 Å². The van der Waals surface area contributed by atoms with Gasteiger partial charge in [0, 0.05) is 18.5 Å². The maximum atomic E-state index is 12.4. The number of aryl methyl sites for hydroxylation is 2. The van der Waals surface area contributed by atoms with Crippen molar-refractivity contribution >= 4 is 16.5 Å². The van der Waals surface area contributed by atoms with Crippen LogP contribution < -0.4 is 10.9 Å². The first-order chi connectivity index (χ1) is 10.0. The molecule has 21 heavy (non-hydrogen) atoms. The highest BCUT2D eigenvalue weighted by Gasteiger charge is 2.12. The van der Waals surface area contributed by atoms with E-state index >= 15 is 0 Å². The number of hydrogen-bond acceptors (Lipinski definition) is 5. The van der Waals surface area contributed by atoms with Crippen LogP contribution in [0.3, 0.4) is 0 Å². The minimum Gasteiger partial charge on any atom is -0.361 e. The number of nitrogens with zero attached hydrogens (tertiary/aromatic N) is 3. The van der Waals surface area contributed by atoms with E-state index in [-0.39, 0.29) is 5.56 Å². The van der Waals surface area contributed by atoms with Crippen LogP contribution in [0.2, 0.25) is 0 Å². The van der Waals surface area contributed by atoms with E-state index in [2.05, 4.69) is 29.2 Å². The number of hydrogen-bond donors (Lipinski definition) is 1. The first-order valence-electron chi connectivity index (χ1n) is 7.29. The molecule has 2 aromatic rings. The van der Waals surface area contributed by atoms with Crippen LogP contribution in [0.15, 0.2) is 16.2 Å². The van der Waals surface area contributed by atoms with Crippen LogP contribution in [0, 0.1) is 12.8 Å². The summed E-state index contributed by atoms with van der Waals surface area (Å²) in [6.45, 7) is 9.75. The molecule has 0 aromatic carbocycles. The topological polar surface area (TPSA) is 59.8 Å². The van der Waals surface area contributed by atoms with Gasteiger partial charge >= 0.3 is 0 Å². The molecular formula is C15H22N4OS. The maximum absolute atomic E-state index is 12.4. The predicted molar refractivity (Wildman–Crippen MR) is 88.0 cm³/mol. The smallest absolute Gasteiger partial charge is 0.276 e. The van der Waals surface area contributed by atoms with E-state index < -0.39 is 0 Å². The minimum absolute atomic E-state index is 0.0665. The van der Waals surface area contributed by atoms with E-state index in [0.29, 0.717) is 18.0 Å². The zero-order valence-electron chi connectivity index (χ0n) is 13.0. The van der Waals surface area contributed by atoms with Gasteiger partial charge in [-0.05, 0) is 25.3 Å². The van der Waals surface area contributed by atoms with Crippen LogP contribution in [0.25, 0.3) is 11.3 Å². The number of rotatable bonds is 6. The van der Waals surface area contributed by atoms with Crippen LogP contribution in [-0.2, 0) is 6.54 Å². The molecule has 0 fully saturated rings. The standard InChI is InChI=1S/C15H22N4OS/c1-5-6-19-14(20)12(7-11(4)18-19)13-9-21-15(17-13)16-8-10(2)3/h7,9-10H,5-6,8H2,1-4H3,(H,16,17). The van der Waals surface area contributed by atoms with Crippen molar-refractivity contribution in [2.24, 2.45) is 5.92 Å². The zero-order chi connectivity index (χ0) is 15.4. The van der Waals surface area contributed by atoms with Crippen LogP contribution in [0.4, 0.5) is 5.13 Å². The normalized spacial score (nSPS) is 11.1. The zero-order valence-corrected chi connectivity index (χ0v) is 13.8. The molecule has 6 heteroatoms. The second-order valence-corrected chi connectivity index (χ2v) is 6.40. The summed E-state index contributed by atoms with van der Waals surface area (Å²) in [7, 11) is 0. The van der Waals surface area contributed by atoms with E-state index in [9.17, 15) is 4.79 Å². The van der Waals surface area contributed by atoms with Crippen molar-refractivity contribution in [2.75, 3.05) is 11.9 Å². The fraction of sp³-hybridized carbons (Fsp3) is 0.533. The summed E-state index contributed by atoms with van der Waals surface area (Å²) in [4.78, 5) is 17.0. The van der Waals surface area contributed by atoms with Crippen LogP contribution in [-0.4, -0.2) is 21.3 Å². The van der Waals surface area contributed by atoms with Gasteiger partial charge in [0.25, 0.3) is 5.56 Å². The Morgan fingerprint density at radius 1 is 1.43 bits per heavy atom. The van der Waals surface area contributed by atoms with Crippen molar-refractivity contribution in [1.29, 1.82) is 0 Å². The SMILES string of the molecule is CCCn1nc(C)cc(-c2csc(NCC(C)C)n2)c1=O. The summed E-state index contributed by atoms with van der Waals surface area (Å²) in [6.07, 6.45) is 0.883. The Hall–Kier alpha value is -1.69. The fourth-order valence-electron chi connectivity index (χ4n) is 1.99. The average molecular weight is 306 g/mol. The van der Waals surface area contributed by atoms with E-state index in [1.165, 1.54) is 16.0 Å². The minimum atomic E-state index is -0.0665. The summed E-state index contributed by atoms with van der Waals surface area (Å²) >= 11 is 1.53. The van der Waals surface area contributed by atoms with Crippen molar-refractivity contribution in [3.05, 3.63) is 27.5 Å². The van der Waals surface area contributed by atoms with E-state index in [1.54, 1.807) is 0 Å². The second-order valence-electron chi connectivity index (χ2n) is 5.54. The van der Waals surface area contributed by atoms with Crippen LogP contribution in [0.5, 0.6) is 0 Å². The number of aromatic nitrogens is 3. The van der Waals surface area contributed by atoms with Crippen molar-refractivity contribution in [3.63, 3.8) is 0 Å². The Labute approximate surface area is 129 Å². The van der Waals surface area contributed by atoms with Crippen molar-refractivity contribution in [3.8, 4) is 11.3 Å². The van der Waals surface area contributed by atoms with Gasteiger partial charge in [0.2, 0.25) is 0 Å². The number of anilines is 1. The third kappa shape index (κ3) is 3.91. The van der Waals surface area contributed by atoms with Crippen LogP contribution in [0.1, 0.15) is 32.9 Å². The Balaban J connectivity index is 2.31. The molecule has 0 spiro atoms. The Morgan fingerprint density at radius 3 is 2.86 bits per heavy atom. The third-order valence-corrected chi connectivity index (χ3v) is 3.77. The van der Waals surface area contributed by atoms with Gasteiger partial charge in [0.1, 0.15) is 0 Å². The summed E-state index contributed by atoms with van der Waals surface area (Å²) in [5, 5.41) is 10.4. The molecule has 0 aliphatic rings. The highest BCUT2D eigenvalue weighted by atomic mass is 32.1. The Morgan fingerprint density at radius 2 is 2.19 bits per heavy atom. The monoisotopic (exact) mass is 306 g/mol.